The second kappa shape index (κ2) is 67.2. The van der Waals surface area contributed by atoms with Crippen LogP contribution in [0.4, 0.5) is 0 Å². The number of carbonyl (C=O) groups excluding carboxylic acids is 4. The number of phosphoric acid groups is 2. The van der Waals surface area contributed by atoms with Crippen LogP contribution < -0.4 is 0 Å². The number of unbranched alkanes of at least 4 members (excludes halogenated alkanes) is 40. The summed E-state index contributed by atoms with van der Waals surface area (Å²) in [5, 5.41) is 10.6. The first-order chi connectivity index (χ1) is 46.6. The fourth-order valence-corrected chi connectivity index (χ4v) is 13.5. The van der Waals surface area contributed by atoms with Gasteiger partial charge in [0.25, 0.3) is 0 Å². The van der Waals surface area contributed by atoms with Crippen LogP contribution in [0.25, 0.3) is 0 Å². The molecule has 17 nitrogen and oxygen atoms in total. The van der Waals surface area contributed by atoms with Gasteiger partial charge in [0, 0.05) is 25.7 Å². The molecule has 0 aromatic carbocycles. The monoisotopic (exact) mass is 1420 g/mol. The van der Waals surface area contributed by atoms with Gasteiger partial charge in [0.15, 0.2) is 12.2 Å². The lowest BCUT2D eigenvalue weighted by Gasteiger charge is -2.21. The van der Waals surface area contributed by atoms with E-state index in [0.717, 1.165) is 114 Å². The van der Waals surface area contributed by atoms with Crippen LogP contribution in [0, 0.1) is 23.7 Å². The SMILES string of the molecule is CCC(C)CCCCCCCCC(=O)OC[C@H](COP(=O)(O)OC[C@H](O)COP(=O)(O)OC[C@@H](COC(=O)CCCCCCCCCCCCCCCCCCCCC(C)C)OC(=O)CCCCCCCCCC(C)C)OC(=O)CCCCCCCCCCCCCCCC(C)C. The lowest BCUT2D eigenvalue weighted by Crippen LogP contribution is -2.30. The molecule has 97 heavy (non-hydrogen) atoms. The van der Waals surface area contributed by atoms with Crippen molar-refractivity contribution in [3.05, 3.63) is 0 Å². The van der Waals surface area contributed by atoms with Crippen molar-refractivity contribution in [2.45, 2.75) is 414 Å². The molecule has 0 heterocycles. The normalized spacial score (nSPS) is 14.4. The summed E-state index contributed by atoms with van der Waals surface area (Å²) in [5.74, 6) is 0.914. The number of aliphatic hydroxyl groups excluding tert-OH is 1. The topological polar surface area (TPSA) is 237 Å². The van der Waals surface area contributed by atoms with Gasteiger partial charge in [0.1, 0.15) is 19.3 Å². The number of hydrogen-bond acceptors (Lipinski definition) is 15. The number of rotatable bonds is 75. The Balaban J connectivity index is 5.15. The van der Waals surface area contributed by atoms with Crippen LogP contribution in [0.5, 0.6) is 0 Å². The third-order valence-corrected chi connectivity index (χ3v) is 20.3. The predicted octanol–water partition coefficient (Wildman–Crippen LogP) is 22.8. The summed E-state index contributed by atoms with van der Waals surface area (Å²) < 4.78 is 68.5. The first-order valence-corrected chi connectivity index (χ1v) is 43.2. The van der Waals surface area contributed by atoms with Gasteiger partial charge < -0.3 is 33.8 Å². The molecule has 0 spiro atoms. The molecule has 0 aromatic heterocycles. The Hall–Kier alpha value is -1.94. The Morgan fingerprint density at radius 2 is 0.495 bits per heavy atom. The van der Waals surface area contributed by atoms with Crippen molar-refractivity contribution in [1.29, 1.82) is 0 Å². The van der Waals surface area contributed by atoms with Crippen molar-refractivity contribution in [3.63, 3.8) is 0 Å². The Morgan fingerprint density at radius 3 is 0.732 bits per heavy atom. The van der Waals surface area contributed by atoms with E-state index in [0.29, 0.717) is 31.6 Å². The van der Waals surface area contributed by atoms with Crippen molar-refractivity contribution in [3.8, 4) is 0 Å². The summed E-state index contributed by atoms with van der Waals surface area (Å²) in [4.78, 5) is 72.8. The quantitative estimate of drug-likeness (QED) is 0.0222. The second-order valence-electron chi connectivity index (χ2n) is 29.8. The zero-order valence-electron chi connectivity index (χ0n) is 63.7. The summed E-state index contributed by atoms with van der Waals surface area (Å²) in [6, 6.07) is 0. The van der Waals surface area contributed by atoms with E-state index in [4.69, 9.17) is 37.0 Å². The third-order valence-electron chi connectivity index (χ3n) is 18.4. The van der Waals surface area contributed by atoms with E-state index in [-0.39, 0.29) is 25.7 Å². The lowest BCUT2D eigenvalue weighted by atomic mass is 10.00. The molecule has 3 unspecified atom stereocenters. The molecule has 19 heteroatoms. The van der Waals surface area contributed by atoms with Gasteiger partial charge in [0.2, 0.25) is 0 Å². The maximum absolute atomic E-state index is 13.1. The highest BCUT2D eigenvalue weighted by Gasteiger charge is 2.30. The highest BCUT2D eigenvalue weighted by atomic mass is 31.2. The Bertz CT molecular complexity index is 1900. The minimum Gasteiger partial charge on any atom is -0.462 e. The molecule has 0 fully saturated rings. The number of carbonyl (C=O) groups is 4. The molecule has 0 radical (unpaired) electrons. The molecule has 0 rings (SSSR count). The lowest BCUT2D eigenvalue weighted by molar-refractivity contribution is -0.161. The molecule has 0 saturated carbocycles. The van der Waals surface area contributed by atoms with Gasteiger partial charge in [0.05, 0.1) is 26.4 Å². The third kappa shape index (κ3) is 70.9. The summed E-state index contributed by atoms with van der Waals surface area (Å²) in [7, 11) is -9.91. The molecule has 576 valence electrons. The molecule has 0 bridgehead atoms. The van der Waals surface area contributed by atoms with Crippen molar-refractivity contribution in [1.82, 2.24) is 0 Å². The molecular formula is C78H152O17P2. The van der Waals surface area contributed by atoms with Crippen LogP contribution in [0.1, 0.15) is 396 Å². The average molecular weight is 1420 g/mol. The number of aliphatic hydroxyl groups is 1. The maximum atomic E-state index is 13.1. The van der Waals surface area contributed by atoms with Crippen molar-refractivity contribution in [2.24, 2.45) is 23.7 Å². The standard InChI is InChI=1S/C78H152O17P2/c1-9-71(8)57-49-41-36-37-43-51-59-76(81)89-65-74(94-77(82)60-52-44-34-28-24-20-16-18-22-26-31-39-47-55-69(4)5)67-93-97(86,87)91-63-72(79)62-90-96(84,85)92-66-73(95-78(83)61-53-45-35-29-32-40-48-56-70(6)7)64-88-75(80)58-50-42-33-27-23-19-15-13-11-10-12-14-17-21-25-30-38-46-54-68(2)3/h68-74,79H,9-67H2,1-8H3,(H,84,85)(H,86,87)/t71?,72-,73-,74-/m1/s1. The van der Waals surface area contributed by atoms with E-state index in [1.807, 2.05) is 0 Å². The molecule has 0 amide bonds. The Morgan fingerprint density at radius 1 is 0.289 bits per heavy atom. The van der Waals surface area contributed by atoms with Crippen LogP contribution >= 0.6 is 15.6 Å². The zero-order valence-corrected chi connectivity index (χ0v) is 65.5. The highest BCUT2D eigenvalue weighted by Crippen LogP contribution is 2.45. The van der Waals surface area contributed by atoms with Crippen LogP contribution in [-0.4, -0.2) is 96.7 Å². The van der Waals surface area contributed by atoms with E-state index in [2.05, 4.69) is 55.4 Å². The summed E-state index contributed by atoms with van der Waals surface area (Å²) in [6.45, 7) is 14.2. The molecular weight excluding hydrogens is 1270 g/mol. The first-order valence-electron chi connectivity index (χ1n) is 40.2. The Labute approximate surface area is 594 Å². The highest BCUT2D eigenvalue weighted by molar-refractivity contribution is 7.47. The number of hydrogen-bond donors (Lipinski definition) is 3. The van der Waals surface area contributed by atoms with Gasteiger partial charge in [-0.25, -0.2) is 9.13 Å². The van der Waals surface area contributed by atoms with Crippen LogP contribution in [-0.2, 0) is 65.4 Å². The molecule has 0 aromatic rings. The van der Waals surface area contributed by atoms with Crippen molar-refractivity contribution < 1.29 is 80.2 Å². The average Bonchev–Trinajstić information content (AvgIpc) is 1.05. The number of ether oxygens (including phenoxy) is 4. The fraction of sp³-hybridized carbons (Fsp3) is 0.949. The van der Waals surface area contributed by atoms with Gasteiger partial charge in [-0.1, -0.05) is 344 Å². The van der Waals surface area contributed by atoms with E-state index in [1.165, 1.54) is 193 Å². The fourth-order valence-electron chi connectivity index (χ4n) is 11.9. The van der Waals surface area contributed by atoms with E-state index < -0.39 is 97.5 Å². The Kier molecular flexibility index (Phi) is 65.9. The van der Waals surface area contributed by atoms with Crippen LogP contribution in [0.3, 0.4) is 0 Å². The van der Waals surface area contributed by atoms with Crippen LogP contribution in [0.2, 0.25) is 0 Å². The largest absolute Gasteiger partial charge is 0.472 e. The van der Waals surface area contributed by atoms with E-state index in [1.54, 1.807) is 0 Å². The minimum absolute atomic E-state index is 0.104. The molecule has 0 aliphatic heterocycles. The predicted molar refractivity (Wildman–Crippen MR) is 395 cm³/mol. The molecule has 3 N–H and O–H groups in total. The van der Waals surface area contributed by atoms with E-state index in [9.17, 15) is 43.2 Å². The van der Waals surface area contributed by atoms with Gasteiger partial charge in [-0.15, -0.1) is 0 Å². The molecule has 0 aliphatic carbocycles. The van der Waals surface area contributed by atoms with Gasteiger partial charge in [-0.3, -0.25) is 37.3 Å². The van der Waals surface area contributed by atoms with Crippen molar-refractivity contribution >= 4 is 39.5 Å². The summed E-state index contributed by atoms with van der Waals surface area (Å²) in [6.07, 6.45) is 53.0. The zero-order chi connectivity index (χ0) is 71.7. The molecule has 0 saturated heterocycles. The maximum Gasteiger partial charge on any atom is 0.472 e. The minimum atomic E-state index is -4.96. The summed E-state index contributed by atoms with van der Waals surface area (Å²) in [5.41, 5.74) is 0. The van der Waals surface area contributed by atoms with Crippen molar-refractivity contribution in [2.75, 3.05) is 39.6 Å². The smallest absolute Gasteiger partial charge is 0.462 e. The van der Waals surface area contributed by atoms with Gasteiger partial charge in [-0.05, 0) is 49.4 Å². The number of esters is 4. The molecule has 0 aliphatic rings. The first kappa shape index (κ1) is 95.1. The summed E-state index contributed by atoms with van der Waals surface area (Å²) >= 11 is 0. The van der Waals surface area contributed by atoms with Crippen LogP contribution in [0.15, 0.2) is 0 Å². The van der Waals surface area contributed by atoms with E-state index >= 15 is 0 Å². The van der Waals surface area contributed by atoms with Gasteiger partial charge in [-0.2, -0.15) is 0 Å². The molecule has 6 atom stereocenters. The number of phosphoric ester groups is 2. The second-order valence-corrected chi connectivity index (χ2v) is 32.7. The van der Waals surface area contributed by atoms with Gasteiger partial charge >= 0.3 is 39.5 Å².